The molecule has 24 heavy (non-hydrogen) atoms. The summed E-state index contributed by atoms with van der Waals surface area (Å²) in [7, 11) is 3.23. The van der Waals surface area contributed by atoms with Gasteiger partial charge in [-0.1, -0.05) is 17.8 Å². The molecule has 0 radical (unpaired) electrons. The first-order valence-electron chi connectivity index (χ1n) is 7.20. The van der Waals surface area contributed by atoms with Crippen LogP contribution in [0.25, 0.3) is 10.1 Å². The lowest BCUT2D eigenvalue weighted by Gasteiger charge is -2.07. The minimum atomic E-state index is -0.918. The summed E-state index contributed by atoms with van der Waals surface area (Å²) in [5.41, 5.74) is 0.987. The van der Waals surface area contributed by atoms with E-state index in [2.05, 4.69) is 0 Å². The van der Waals surface area contributed by atoms with Gasteiger partial charge in [-0.2, -0.15) is 0 Å². The smallest absolute Gasteiger partial charge is 0.347 e. The Morgan fingerprint density at radius 3 is 2.62 bits per heavy atom. The summed E-state index contributed by atoms with van der Waals surface area (Å²) in [6, 6.07) is 11.5. The van der Waals surface area contributed by atoms with Crippen LogP contribution in [0.15, 0.2) is 46.2 Å². The largest absolute Gasteiger partial charge is 0.497 e. The second-order valence-corrected chi connectivity index (χ2v) is 7.30. The summed E-state index contributed by atoms with van der Waals surface area (Å²) in [6.07, 6.45) is 0. The molecule has 0 unspecified atom stereocenters. The summed E-state index contributed by atoms with van der Waals surface area (Å²) in [6.45, 7) is 1.95. The lowest BCUT2D eigenvalue weighted by atomic mass is 10.1. The number of fused-ring (bicyclic) bond motifs is 1. The van der Waals surface area contributed by atoms with Crippen LogP contribution in [-0.4, -0.2) is 25.3 Å². The maximum atomic E-state index is 11.7. The van der Waals surface area contributed by atoms with E-state index >= 15 is 0 Å². The van der Waals surface area contributed by atoms with Crippen molar-refractivity contribution in [2.75, 3.05) is 14.2 Å². The van der Waals surface area contributed by atoms with E-state index in [0.29, 0.717) is 4.88 Å². The third-order valence-electron chi connectivity index (χ3n) is 3.62. The molecule has 6 heteroatoms. The number of thiophene rings is 1. The SMILES string of the molecule is COc1cccc(Sc2c(C(=O)O)sc3cc(C)c(OC)cc23)c1. The molecule has 124 valence electrons. The molecule has 3 aromatic rings. The van der Waals surface area contributed by atoms with Crippen LogP contribution in [0.1, 0.15) is 15.2 Å². The van der Waals surface area contributed by atoms with Crippen LogP contribution in [-0.2, 0) is 0 Å². The van der Waals surface area contributed by atoms with Crippen LogP contribution in [0, 0.1) is 6.92 Å². The normalized spacial score (nSPS) is 10.8. The lowest BCUT2D eigenvalue weighted by molar-refractivity contribution is 0.0699. The van der Waals surface area contributed by atoms with Crippen LogP contribution in [0.3, 0.4) is 0 Å². The van der Waals surface area contributed by atoms with Gasteiger partial charge in [0.15, 0.2) is 0 Å². The Labute approximate surface area is 148 Å². The Balaban J connectivity index is 2.16. The van der Waals surface area contributed by atoms with E-state index < -0.39 is 5.97 Å². The third kappa shape index (κ3) is 3.07. The van der Waals surface area contributed by atoms with E-state index in [1.54, 1.807) is 14.2 Å². The number of aryl methyl sites for hydroxylation is 1. The first-order valence-corrected chi connectivity index (χ1v) is 8.83. The number of aromatic carboxylic acids is 1. The van der Waals surface area contributed by atoms with Crippen LogP contribution in [0.2, 0.25) is 0 Å². The zero-order chi connectivity index (χ0) is 17.3. The van der Waals surface area contributed by atoms with E-state index in [9.17, 15) is 9.90 Å². The highest BCUT2D eigenvalue weighted by Crippen LogP contribution is 2.44. The van der Waals surface area contributed by atoms with Crippen molar-refractivity contribution in [1.82, 2.24) is 0 Å². The quantitative estimate of drug-likeness (QED) is 0.688. The van der Waals surface area contributed by atoms with Gasteiger partial charge in [0, 0.05) is 19.9 Å². The number of hydrogen-bond acceptors (Lipinski definition) is 5. The molecule has 0 aliphatic carbocycles. The van der Waals surface area contributed by atoms with Crippen LogP contribution >= 0.6 is 23.1 Å². The van der Waals surface area contributed by atoms with Gasteiger partial charge in [0.05, 0.1) is 14.2 Å². The molecule has 0 bridgehead atoms. The van der Waals surface area contributed by atoms with E-state index in [1.165, 1.54) is 23.1 Å². The van der Waals surface area contributed by atoms with Gasteiger partial charge in [0.1, 0.15) is 16.4 Å². The molecule has 1 heterocycles. The summed E-state index contributed by atoms with van der Waals surface area (Å²) in [5.74, 6) is 0.577. The third-order valence-corrected chi connectivity index (χ3v) is 6.00. The van der Waals surface area contributed by atoms with Gasteiger partial charge in [0.2, 0.25) is 0 Å². The number of benzene rings is 2. The molecule has 1 aromatic heterocycles. The van der Waals surface area contributed by atoms with Crippen molar-refractivity contribution in [2.45, 2.75) is 16.7 Å². The number of hydrogen-bond donors (Lipinski definition) is 1. The standard InChI is InChI=1S/C18H16O4S2/c1-10-7-15-13(9-14(10)22-3)16(17(24-15)18(19)20)23-12-6-4-5-11(8-12)21-2/h4-9H,1-3H3,(H,19,20). The Hall–Kier alpha value is -2.18. The molecule has 0 atom stereocenters. The lowest BCUT2D eigenvalue weighted by Crippen LogP contribution is -1.93. The Bertz CT molecular complexity index is 915. The number of carbonyl (C=O) groups is 1. The molecule has 0 spiro atoms. The van der Waals surface area contributed by atoms with Gasteiger partial charge in [-0.05, 0) is 42.8 Å². The highest BCUT2D eigenvalue weighted by molar-refractivity contribution is 7.99. The van der Waals surface area contributed by atoms with Crippen molar-refractivity contribution in [2.24, 2.45) is 0 Å². The van der Waals surface area contributed by atoms with Crippen molar-refractivity contribution in [3.8, 4) is 11.5 Å². The molecule has 1 N–H and O–H groups in total. The summed E-state index contributed by atoms with van der Waals surface area (Å²) in [5, 5.41) is 10.5. The van der Waals surface area contributed by atoms with E-state index in [4.69, 9.17) is 9.47 Å². The van der Waals surface area contributed by atoms with Crippen LogP contribution in [0.5, 0.6) is 11.5 Å². The molecule has 2 aromatic carbocycles. The Morgan fingerprint density at radius 1 is 1.17 bits per heavy atom. The summed E-state index contributed by atoms with van der Waals surface area (Å²) in [4.78, 5) is 13.7. The second-order valence-electron chi connectivity index (χ2n) is 5.16. The second kappa shape index (κ2) is 6.75. The average Bonchev–Trinajstić information content (AvgIpc) is 2.92. The minimum Gasteiger partial charge on any atom is -0.497 e. The molecule has 0 amide bonds. The van der Waals surface area contributed by atoms with Crippen molar-refractivity contribution >= 4 is 39.2 Å². The molecule has 3 rings (SSSR count). The molecule has 0 aliphatic rings. The van der Waals surface area contributed by atoms with Gasteiger partial charge < -0.3 is 14.6 Å². The number of carboxylic acids is 1. The predicted octanol–water partition coefficient (Wildman–Crippen LogP) is 5.08. The zero-order valence-corrected chi connectivity index (χ0v) is 15.1. The van der Waals surface area contributed by atoms with E-state index in [0.717, 1.165) is 36.9 Å². The molecule has 0 saturated carbocycles. The maximum absolute atomic E-state index is 11.7. The monoisotopic (exact) mass is 360 g/mol. The fourth-order valence-corrected chi connectivity index (χ4v) is 4.79. The van der Waals surface area contributed by atoms with Gasteiger partial charge in [-0.3, -0.25) is 0 Å². The highest BCUT2D eigenvalue weighted by Gasteiger charge is 2.20. The van der Waals surface area contributed by atoms with E-state index in [-0.39, 0.29) is 0 Å². The topological polar surface area (TPSA) is 55.8 Å². The van der Waals surface area contributed by atoms with Crippen LogP contribution in [0.4, 0.5) is 0 Å². The van der Waals surface area contributed by atoms with Gasteiger partial charge in [-0.25, -0.2) is 4.79 Å². The molecular formula is C18H16O4S2. The first kappa shape index (κ1) is 16.7. The number of rotatable bonds is 5. The van der Waals surface area contributed by atoms with Crippen molar-refractivity contribution in [3.63, 3.8) is 0 Å². The zero-order valence-electron chi connectivity index (χ0n) is 13.5. The molecule has 4 nitrogen and oxygen atoms in total. The Morgan fingerprint density at radius 2 is 1.96 bits per heavy atom. The number of methoxy groups -OCH3 is 2. The minimum absolute atomic E-state index is 0.338. The summed E-state index contributed by atoms with van der Waals surface area (Å²) >= 11 is 2.71. The van der Waals surface area contributed by atoms with Crippen LogP contribution < -0.4 is 9.47 Å². The van der Waals surface area contributed by atoms with E-state index in [1.807, 2.05) is 43.3 Å². The molecule has 0 aliphatic heterocycles. The van der Waals surface area contributed by atoms with Gasteiger partial charge in [0.25, 0.3) is 0 Å². The summed E-state index contributed by atoms with van der Waals surface area (Å²) < 4.78 is 11.6. The van der Waals surface area contributed by atoms with Gasteiger partial charge >= 0.3 is 5.97 Å². The molecular weight excluding hydrogens is 344 g/mol. The molecule has 0 saturated heterocycles. The highest BCUT2D eigenvalue weighted by atomic mass is 32.2. The predicted molar refractivity (Wildman–Crippen MR) is 97.2 cm³/mol. The van der Waals surface area contributed by atoms with Crippen molar-refractivity contribution in [1.29, 1.82) is 0 Å². The first-order chi connectivity index (χ1) is 11.5. The fourth-order valence-electron chi connectivity index (χ4n) is 2.45. The van der Waals surface area contributed by atoms with Crippen molar-refractivity contribution < 1.29 is 19.4 Å². The average molecular weight is 360 g/mol. The number of ether oxygens (including phenoxy) is 2. The molecule has 0 fully saturated rings. The fraction of sp³-hybridized carbons (Fsp3) is 0.167. The Kier molecular flexibility index (Phi) is 4.69. The maximum Gasteiger partial charge on any atom is 0.347 e. The van der Waals surface area contributed by atoms with Crippen molar-refractivity contribution in [3.05, 3.63) is 46.8 Å². The van der Waals surface area contributed by atoms with Gasteiger partial charge in [-0.15, -0.1) is 11.3 Å². The number of carboxylic acid groups (broad SMARTS) is 1.